The predicted octanol–water partition coefficient (Wildman–Crippen LogP) is 3.26. The molecule has 0 fully saturated rings. The maximum atomic E-state index is 10.1. The van der Waals surface area contributed by atoms with Crippen molar-refractivity contribution in [3.05, 3.63) is 52.8 Å². The Morgan fingerprint density at radius 1 is 1.16 bits per heavy atom. The van der Waals surface area contributed by atoms with Crippen molar-refractivity contribution >= 4 is 11.6 Å². The SMILES string of the molecule is CC(C)n1ccc(CC(O)Cc2ccc(Cl)cc2)n1. The molecule has 1 heterocycles. The minimum Gasteiger partial charge on any atom is -0.392 e. The van der Waals surface area contributed by atoms with E-state index < -0.39 is 6.10 Å². The molecule has 2 rings (SSSR count). The molecule has 19 heavy (non-hydrogen) atoms. The van der Waals surface area contributed by atoms with Gasteiger partial charge in [-0.3, -0.25) is 4.68 Å². The van der Waals surface area contributed by atoms with E-state index in [1.807, 2.05) is 41.2 Å². The fourth-order valence-corrected chi connectivity index (χ4v) is 2.11. The minimum absolute atomic E-state index is 0.349. The first-order valence-electron chi connectivity index (χ1n) is 6.51. The van der Waals surface area contributed by atoms with Gasteiger partial charge in [-0.2, -0.15) is 5.10 Å². The van der Waals surface area contributed by atoms with Gasteiger partial charge in [0, 0.05) is 23.7 Å². The van der Waals surface area contributed by atoms with Crippen molar-refractivity contribution < 1.29 is 5.11 Å². The number of rotatable bonds is 5. The molecule has 0 aliphatic rings. The molecule has 1 atom stereocenters. The van der Waals surface area contributed by atoms with E-state index in [1.54, 1.807) is 0 Å². The summed E-state index contributed by atoms with van der Waals surface area (Å²) in [5.41, 5.74) is 2.01. The van der Waals surface area contributed by atoms with E-state index in [4.69, 9.17) is 11.6 Å². The zero-order valence-electron chi connectivity index (χ0n) is 11.3. The number of hydrogen-bond donors (Lipinski definition) is 1. The van der Waals surface area contributed by atoms with E-state index >= 15 is 0 Å². The van der Waals surface area contributed by atoms with Crippen LogP contribution in [0.1, 0.15) is 31.1 Å². The highest BCUT2D eigenvalue weighted by molar-refractivity contribution is 6.30. The first-order chi connectivity index (χ1) is 9.04. The standard InChI is InChI=1S/C15H19ClN2O/c1-11(2)18-8-7-14(17-18)10-15(19)9-12-3-5-13(16)6-4-12/h3-8,11,15,19H,9-10H2,1-2H3. The van der Waals surface area contributed by atoms with Crippen molar-refractivity contribution in [1.82, 2.24) is 9.78 Å². The normalized spacial score (nSPS) is 12.9. The average molecular weight is 279 g/mol. The third-order valence-corrected chi connectivity index (χ3v) is 3.27. The first kappa shape index (κ1) is 14.1. The van der Waals surface area contributed by atoms with E-state index in [0.29, 0.717) is 23.9 Å². The Bertz CT molecular complexity index is 519. The molecule has 1 N–H and O–H groups in total. The maximum Gasteiger partial charge on any atom is 0.0650 e. The fraction of sp³-hybridized carbons (Fsp3) is 0.400. The van der Waals surface area contributed by atoms with Crippen LogP contribution in [0.3, 0.4) is 0 Å². The Morgan fingerprint density at radius 3 is 2.42 bits per heavy atom. The highest BCUT2D eigenvalue weighted by Gasteiger charge is 2.10. The second-order valence-corrected chi connectivity index (χ2v) is 5.51. The fourth-order valence-electron chi connectivity index (χ4n) is 1.98. The lowest BCUT2D eigenvalue weighted by Crippen LogP contribution is -2.14. The lowest BCUT2D eigenvalue weighted by Gasteiger charge is -2.09. The Kier molecular flexibility index (Phi) is 4.61. The van der Waals surface area contributed by atoms with Crippen molar-refractivity contribution in [2.24, 2.45) is 0 Å². The molecule has 4 heteroatoms. The zero-order valence-corrected chi connectivity index (χ0v) is 12.0. The summed E-state index contributed by atoms with van der Waals surface area (Å²) < 4.78 is 1.91. The number of aliphatic hydroxyl groups is 1. The van der Waals surface area contributed by atoms with Crippen LogP contribution in [0.25, 0.3) is 0 Å². The molecule has 0 aliphatic heterocycles. The summed E-state index contributed by atoms with van der Waals surface area (Å²) in [5.74, 6) is 0. The predicted molar refractivity (Wildman–Crippen MR) is 77.5 cm³/mol. The van der Waals surface area contributed by atoms with Crippen molar-refractivity contribution in [1.29, 1.82) is 0 Å². The largest absolute Gasteiger partial charge is 0.392 e. The van der Waals surface area contributed by atoms with Gasteiger partial charge in [0.25, 0.3) is 0 Å². The number of aromatic nitrogens is 2. The third-order valence-electron chi connectivity index (χ3n) is 3.02. The van der Waals surface area contributed by atoms with Crippen LogP contribution in [0.4, 0.5) is 0 Å². The molecule has 0 bridgehead atoms. The number of hydrogen-bond acceptors (Lipinski definition) is 2. The highest BCUT2D eigenvalue weighted by atomic mass is 35.5. The Hall–Kier alpha value is -1.32. The molecule has 0 saturated heterocycles. The van der Waals surface area contributed by atoms with Crippen molar-refractivity contribution in [2.75, 3.05) is 0 Å². The first-order valence-corrected chi connectivity index (χ1v) is 6.89. The van der Waals surface area contributed by atoms with E-state index in [-0.39, 0.29) is 0 Å². The van der Waals surface area contributed by atoms with Crippen LogP contribution >= 0.6 is 11.6 Å². The molecule has 0 saturated carbocycles. The van der Waals surface area contributed by atoms with Crippen molar-refractivity contribution in [2.45, 2.75) is 38.8 Å². The summed E-state index contributed by atoms with van der Waals surface area (Å²) in [6.45, 7) is 4.17. The average Bonchev–Trinajstić information content (AvgIpc) is 2.80. The van der Waals surface area contributed by atoms with Gasteiger partial charge in [-0.05, 0) is 44.0 Å². The molecular weight excluding hydrogens is 260 g/mol. The van der Waals surface area contributed by atoms with E-state index in [0.717, 1.165) is 11.3 Å². The molecule has 0 aliphatic carbocycles. The monoisotopic (exact) mass is 278 g/mol. The van der Waals surface area contributed by atoms with Crippen LogP contribution in [-0.2, 0) is 12.8 Å². The summed E-state index contributed by atoms with van der Waals surface area (Å²) in [7, 11) is 0. The summed E-state index contributed by atoms with van der Waals surface area (Å²) in [6.07, 6.45) is 2.72. The summed E-state index contributed by atoms with van der Waals surface area (Å²) in [5, 5.41) is 15.2. The van der Waals surface area contributed by atoms with Crippen LogP contribution in [0.2, 0.25) is 5.02 Å². The second kappa shape index (κ2) is 6.22. The molecule has 0 spiro atoms. The van der Waals surface area contributed by atoms with Gasteiger partial charge in [-0.25, -0.2) is 0 Å². The molecule has 102 valence electrons. The van der Waals surface area contributed by atoms with Gasteiger partial charge < -0.3 is 5.11 Å². The Morgan fingerprint density at radius 2 is 1.84 bits per heavy atom. The minimum atomic E-state index is -0.420. The number of nitrogens with zero attached hydrogens (tertiary/aromatic N) is 2. The van der Waals surface area contributed by atoms with Gasteiger partial charge >= 0.3 is 0 Å². The third kappa shape index (κ3) is 4.08. The van der Waals surface area contributed by atoms with Crippen LogP contribution in [0.5, 0.6) is 0 Å². The van der Waals surface area contributed by atoms with Gasteiger partial charge in [0.15, 0.2) is 0 Å². The van der Waals surface area contributed by atoms with Crippen LogP contribution in [-0.4, -0.2) is 21.0 Å². The quantitative estimate of drug-likeness (QED) is 0.912. The lowest BCUT2D eigenvalue weighted by molar-refractivity contribution is 0.174. The van der Waals surface area contributed by atoms with Crippen LogP contribution < -0.4 is 0 Å². The molecule has 3 nitrogen and oxygen atoms in total. The highest BCUT2D eigenvalue weighted by Crippen LogP contribution is 2.13. The molecule has 0 amide bonds. The van der Waals surface area contributed by atoms with Gasteiger partial charge in [-0.1, -0.05) is 23.7 Å². The van der Waals surface area contributed by atoms with Crippen molar-refractivity contribution in [3.63, 3.8) is 0 Å². The summed E-state index contributed by atoms with van der Waals surface area (Å²) in [4.78, 5) is 0. The van der Waals surface area contributed by atoms with Gasteiger partial charge in [-0.15, -0.1) is 0 Å². The maximum absolute atomic E-state index is 10.1. The molecule has 1 aromatic heterocycles. The van der Waals surface area contributed by atoms with Gasteiger partial charge in [0.2, 0.25) is 0 Å². The molecular formula is C15H19ClN2O. The van der Waals surface area contributed by atoms with E-state index in [9.17, 15) is 5.11 Å². The summed E-state index contributed by atoms with van der Waals surface area (Å²) in [6, 6.07) is 9.89. The van der Waals surface area contributed by atoms with Gasteiger partial charge in [0.1, 0.15) is 0 Å². The second-order valence-electron chi connectivity index (χ2n) is 5.07. The molecule has 1 aromatic carbocycles. The molecule has 2 aromatic rings. The smallest absolute Gasteiger partial charge is 0.0650 e. The zero-order chi connectivity index (χ0) is 13.8. The van der Waals surface area contributed by atoms with E-state index in [2.05, 4.69) is 18.9 Å². The number of aliphatic hydroxyl groups excluding tert-OH is 1. The molecule has 1 unspecified atom stereocenters. The summed E-state index contributed by atoms with van der Waals surface area (Å²) >= 11 is 5.84. The van der Waals surface area contributed by atoms with Crippen LogP contribution in [0, 0.1) is 0 Å². The molecule has 0 radical (unpaired) electrons. The van der Waals surface area contributed by atoms with Crippen molar-refractivity contribution in [3.8, 4) is 0 Å². The van der Waals surface area contributed by atoms with Crippen LogP contribution in [0.15, 0.2) is 36.5 Å². The Balaban J connectivity index is 1.93. The number of benzene rings is 1. The lowest BCUT2D eigenvalue weighted by atomic mass is 10.0. The Labute approximate surface area is 118 Å². The number of halogens is 1. The van der Waals surface area contributed by atoms with Gasteiger partial charge in [0.05, 0.1) is 11.8 Å². The van der Waals surface area contributed by atoms with E-state index in [1.165, 1.54) is 0 Å². The topological polar surface area (TPSA) is 38.0 Å².